The average molecular weight is 307 g/mol. The molecule has 0 aliphatic rings. The molecule has 0 fully saturated rings. The van der Waals surface area contributed by atoms with Gasteiger partial charge in [0.2, 0.25) is 5.91 Å². The molecule has 6 nitrogen and oxygen atoms in total. The number of unbranched alkanes of at least 4 members (excludes halogenated alkanes) is 6. The second kappa shape index (κ2) is 12.1. The van der Waals surface area contributed by atoms with Crippen molar-refractivity contribution in [1.82, 2.24) is 5.32 Å². The van der Waals surface area contributed by atoms with E-state index in [0.717, 1.165) is 25.7 Å². The van der Waals surface area contributed by atoms with Gasteiger partial charge in [0, 0.05) is 13.0 Å². The highest BCUT2D eigenvalue weighted by Crippen LogP contribution is 2.35. The van der Waals surface area contributed by atoms with E-state index in [2.05, 4.69) is 16.4 Å². The summed E-state index contributed by atoms with van der Waals surface area (Å²) in [6.07, 6.45) is 10.0. The van der Waals surface area contributed by atoms with Gasteiger partial charge in [-0.1, -0.05) is 31.8 Å². The lowest BCUT2D eigenvalue weighted by molar-refractivity contribution is -0.121. The van der Waals surface area contributed by atoms with E-state index < -0.39 is 7.82 Å². The molecule has 0 aliphatic heterocycles. The number of hydrogen-bond acceptors (Lipinski definition) is 3. The third-order valence-electron chi connectivity index (χ3n) is 2.75. The Bertz CT molecular complexity index is 316. The van der Waals surface area contributed by atoms with Gasteiger partial charge in [0.05, 0.1) is 6.61 Å². The van der Waals surface area contributed by atoms with Crippen LogP contribution in [-0.4, -0.2) is 28.8 Å². The third kappa shape index (κ3) is 15.4. The van der Waals surface area contributed by atoms with Crippen LogP contribution in [-0.2, 0) is 13.9 Å². The summed E-state index contributed by atoms with van der Waals surface area (Å²) in [5, 5.41) is 2.56. The lowest BCUT2D eigenvalue weighted by Gasteiger charge is -2.07. The molecule has 0 atom stereocenters. The number of allylic oxidation sites excluding steroid dienone is 1. The molecule has 7 heteroatoms. The number of rotatable bonds is 13. The van der Waals surface area contributed by atoms with E-state index in [4.69, 9.17) is 9.79 Å². The van der Waals surface area contributed by atoms with E-state index in [0.29, 0.717) is 6.42 Å². The Hall–Kier alpha value is -0.680. The smallest absolute Gasteiger partial charge is 0.354 e. The summed E-state index contributed by atoms with van der Waals surface area (Å²) < 4.78 is 14.6. The number of carbonyl (C=O) groups excluding carboxylic acids is 1. The zero-order valence-electron chi connectivity index (χ0n) is 11.9. The van der Waals surface area contributed by atoms with Crippen molar-refractivity contribution in [3.8, 4) is 0 Å². The molecule has 0 heterocycles. The van der Waals surface area contributed by atoms with Crippen molar-refractivity contribution >= 4 is 13.7 Å². The Morgan fingerprint density at radius 3 is 2.35 bits per heavy atom. The van der Waals surface area contributed by atoms with Crippen LogP contribution in [0.5, 0.6) is 0 Å². The van der Waals surface area contributed by atoms with Gasteiger partial charge in [-0.25, -0.2) is 4.57 Å². The summed E-state index contributed by atoms with van der Waals surface area (Å²) in [6.45, 7) is 3.61. The Labute approximate surface area is 120 Å². The topological polar surface area (TPSA) is 95.9 Å². The lowest BCUT2D eigenvalue weighted by atomic mass is 10.1. The van der Waals surface area contributed by atoms with Crippen molar-refractivity contribution < 1.29 is 23.7 Å². The first-order chi connectivity index (χ1) is 9.45. The first-order valence-electron chi connectivity index (χ1n) is 7.03. The van der Waals surface area contributed by atoms with Crippen LogP contribution in [0.2, 0.25) is 0 Å². The van der Waals surface area contributed by atoms with Crippen LogP contribution in [0.4, 0.5) is 0 Å². The number of hydrogen-bond donors (Lipinski definition) is 3. The Kier molecular flexibility index (Phi) is 11.7. The van der Waals surface area contributed by atoms with Crippen LogP contribution in [0.3, 0.4) is 0 Å². The molecular weight excluding hydrogens is 281 g/mol. The fourth-order valence-electron chi connectivity index (χ4n) is 1.72. The van der Waals surface area contributed by atoms with Gasteiger partial charge >= 0.3 is 7.82 Å². The predicted molar refractivity (Wildman–Crippen MR) is 78.1 cm³/mol. The molecule has 0 rings (SSSR count). The number of carbonyl (C=O) groups is 1. The maximum absolute atomic E-state index is 11.4. The maximum Gasteiger partial charge on any atom is 0.469 e. The molecule has 0 aliphatic carbocycles. The van der Waals surface area contributed by atoms with E-state index >= 15 is 0 Å². The monoisotopic (exact) mass is 307 g/mol. The molecule has 3 N–H and O–H groups in total. The van der Waals surface area contributed by atoms with Crippen molar-refractivity contribution in [3.63, 3.8) is 0 Å². The van der Waals surface area contributed by atoms with Gasteiger partial charge in [-0.15, -0.1) is 6.58 Å². The zero-order valence-corrected chi connectivity index (χ0v) is 12.8. The molecule has 118 valence electrons. The highest BCUT2D eigenvalue weighted by Gasteiger charge is 2.12. The molecule has 0 saturated carbocycles. The maximum atomic E-state index is 11.4. The van der Waals surface area contributed by atoms with Gasteiger partial charge < -0.3 is 15.1 Å². The number of phosphoric ester groups is 1. The molecule has 0 unspecified atom stereocenters. The van der Waals surface area contributed by atoms with Crippen molar-refractivity contribution in [3.05, 3.63) is 12.7 Å². The van der Waals surface area contributed by atoms with Crippen LogP contribution in [0.15, 0.2) is 12.7 Å². The number of amides is 1. The lowest BCUT2D eigenvalue weighted by Crippen LogP contribution is -2.26. The number of phosphoric acid groups is 1. The molecule has 0 saturated heterocycles. The zero-order chi connectivity index (χ0) is 15.3. The normalized spacial score (nSPS) is 11.3. The molecule has 0 aromatic carbocycles. The molecule has 1 amide bonds. The second-order valence-corrected chi connectivity index (χ2v) is 5.86. The van der Waals surface area contributed by atoms with E-state index in [1.54, 1.807) is 0 Å². The molecule has 20 heavy (non-hydrogen) atoms. The van der Waals surface area contributed by atoms with Gasteiger partial charge in [0.25, 0.3) is 0 Å². The minimum Gasteiger partial charge on any atom is -0.354 e. The van der Waals surface area contributed by atoms with E-state index in [-0.39, 0.29) is 19.1 Å². The Morgan fingerprint density at radius 1 is 1.15 bits per heavy atom. The predicted octanol–water partition coefficient (Wildman–Crippen LogP) is 2.52. The second-order valence-electron chi connectivity index (χ2n) is 4.62. The van der Waals surface area contributed by atoms with Gasteiger partial charge in [-0.05, 0) is 19.3 Å². The summed E-state index contributed by atoms with van der Waals surface area (Å²) in [5.41, 5.74) is 0. The van der Waals surface area contributed by atoms with Gasteiger partial charge in [-0.3, -0.25) is 9.32 Å². The standard InChI is InChI=1S/C13H26NO5P/c1-2-3-4-5-6-7-8-9-10-13(15)14-11-12-19-20(16,17)18/h2H,1,3-12H2,(H,14,15)(H2,16,17,18). The van der Waals surface area contributed by atoms with Gasteiger partial charge in [0.1, 0.15) is 0 Å². The van der Waals surface area contributed by atoms with Crippen molar-refractivity contribution in [1.29, 1.82) is 0 Å². The molecule has 0 bridgehead atoms. The molecule has 0 radical (unpaired) electrons. The molecule has 0 spiro atoms. The average Bonchev–Trinajstić information content (AvgIpc) is 2.37. The molecule has 0 aromatic rings. The summed E-state index contributed by atoms with van der Waals surface area (Å²) in [7, 11) is -4.43. The van der Waals surface area contributed by atoms with Gasteiger partial charge in [0.15, 0.2) is 0 Å². The summed E-state index contributed by atoms with van der Waals surface area (Å²) in [5.74, 6) is -0.106. The van der Waals surface area contributed by atoms with Gasteiger partial charge in [-0.2, -0.15) is 0 Å². The molecule has 0 aromatic heterocycles. The van der Waals surface area contributed by atoms with Crippen molar-refractivity contribution in [2.24, 2.45) is 0 Å². The van der Waals surface area contributed by atoms with E-state index in [9.17, 15) is 9.36 Å². The van der Waals surface area contributed by atoms with E-state index in [1.165, 1.54) is 19.3 Å². The van der Waals surface area contributed by atoms with Crippen LogP contribution in [0.25, 0.3) is 0 Å². The fraction of sp³-hybridized carbons (Fsp3) is 0.769. The first-order valence-corrected chi connectivity index (χ1v) is 8.56. The highest BCUT2D eigenvalue weighted by atomic mass is 31.2. The first kappa shape index (κ1) is 19.3. The van der Waals surface area contributed by atoms with E-state index in [1.807, 2.05) is 6.08 Å². The van der Waals surface area contributed by atoms with Crippen LogP contribution < -0.4 is 5.32 Å². The van der Waals surface area contributed by atoms with Crippen LogP contribution in [0, 0.1) is 0 Å². The van der Waals surface area contributed by atoms with Crippen molar-refractivity contribution in [2.45, 2.75) is 51.4 Å². The Balaban J connectivity index is 3.28. The highest BCUT2D eigenvalue weighted by molar-refractivity contribution is 7.46. The largest absolute Gasteiger partial charge is 0.469 e. The molecular formula is C13H26NO5P. The van der Waals surface area contributed by atoms with Crippen LogP contribution in [0.1, 0.15) is 51.4 Å². The summed E-state index contributed by atoms with van der Waals surface area (Å²) in [6, 6.07) is 0. The third-order valence-corrected chi connectivity index (χ3v) is 3.26. The summed E-state index contributed by atoms with van der Waals surface area (Å²) in [4.78, 5) is 28.2. The SMILES string of the molecule is C=CCCCCCCCCC(=O)NCCOP(=O)(O)O. The minimum atomic E-state index is -4.43. The summed E-state index contributed by atoms with van der Waals surface area (Å²) >= 11 is 0. The minimum absolute atomic E-state index is 0.106. The quantitative estimate of drug-likeness (QED) is 0.276. The number of nitrogens with one attached hydrogen (secondary N) is 1. The Morgan fingerprint density at radius 2 is 1.75 bits per heavy atom. The van der Waals surface area contributed by atoms with Crippen molar-refractivity contribution in [2.75, 3.05) is 13.2 Å². The fourth-order valence-corrected chi connectivity index (χ4v) is 2.05. The van der Waals surface area contributed by atoms with Crippen LogP contribution >= 0.6 is 7.82 Å².